The Morgan fingerprint density at radius 3 is 2.29 bits per heavy atom. The second kappa shape index (κ2) is 3.04. The van der Waals surface area contributed by atoms with Gasteiger partial charge in [0.15, 0.2) is 0 Å². The second-order valence-electron chi connectivity index (χ2n) is 1.12. The first-order valence-corrected chi connectivity index (χ1v) is 2.58. The summed E-state index contributed by atoms with van der Waals surface area (Å²) in [6, 6.07) is 0. The van der Waals surface area contributed by atoms with Crippen molar-refractivity contribution in [2.45, 2.75) is 6.92 Å². The van der Waals surface area contributed by atoms with Crippen LogP contribution in [-0.2, 0) is 0 Å². The van der Waals surface area contributed by atoms with E-state index in [0.29, 0.717) is 4.20 Å². The van der Waals surface area contributed by atoms with Crippen molar-refractivity contribution in [2.75, 3.05) is 0 Å². The van der Waals surface area contributed by atoms with Gasteiger partial charge in [0.1, 0.15) is 0 Å². The minimum atomic E-state index is 0.194. The molecule has 0 aliphatic rings. The molecule has 0 saturated carbocycles. The molecule has 0 spiro atoms. The molecule has 0 aliphatic carbocycles. The van der Waals surface area contributed by atoms with Gasteiger partial charge in [0.05, 0.1) is 9.96 Å². The summed E-state index contributed by atoms with van der Waals surface area (Å²) in [6.07, 6.45) is 1.40. The molecule has 0 heterocycles. The summed E-state index contributed by atoms with van der Waals surface area (Å²) in [7, 11) is 0. The quantitative estimate of drug-likeness (QED) is 0.246. The molecule has 40 valence electrons. The van der Waals surface area contributed by atoms with Crippen LogP contribution in [0.4, 0.5) is 0 Å². The molecule has 7 heavy (non-hydrogen) atoms. The number of hydrogen-bond donors (Lipinski definition) is 2. The van der Waals surface area contributed by atoms with Crippen molar-refractivity contribution in [3.8, 4) is 0 Å². The van der Waals surface area contributed by atoms with Gasteiger partial charge in [-0.3, -0.25) is 0 Å². The third-order valence-electron chi connectivity index (χ3n) is 0.332. The molecule has 0 fully saturated rings. The van der Waals surface area contributed by atoms with Crippen molar-refractivity contribution < 1.29 is 5.11 Å². The highest BCUT2D eigenvalue weighted by Gasteiger charge is 1.79. The average Bonchev–Trinajstić information content (AvgIpc) is 1.27. The number of aliphatic hydroxyl groups excluding tert-OH is 1. The molecule has 3 heteroatoms. The van der Waals surface area contributed by atoms with Crippen LogP contribution in [0.3, 0.4) is 0 Å². The number of thiocarbonyl (C=S) groups is 1. The van der Waals surface area contributed by atoms with Crippen LogP contribution in [0.15, 0.2) is 11.8 Å². The van der Waals surface area contributed by atoms with E-state index in [-0.39, 0.29) is 5.76 Å². The van der Waals surface area contributed by atoms with Gasteiger partial charge in [0.2, 0.25) is 0 Å². The highest BCUT2D eigenvalue weighted by atomic mass is 32.1. The fourth-order valence-corrected chi connectivity index (χ4v) is 0.536. The summed E-state index contributed by atoms with van der Waals surface area (Å²) in [6.45, 7) is 1.54. The van der Waals surface area contributed by atoms with Crippen LogP contribution in [0, 0.1) is 0 Å². The number of thiol groups is 1. The maximum Gasteiger partial charge on any atom is 0.0911 e. The van der Waals surface area contributed by atoms with Crippen LogP contribution in [0.5, 0.6) is 0 Å². The zero-order chi connectivity index (χ0) is 5.86. The summed E-state index contributed by atoms with van der Waals surface area (Å²) in [5.74, 6) is 0.194. The van der Waals surface area contributed by atoms with E-state index in [2.05, 4.69) is 24.8 Å². The Labute approximate surface area is 53.5 Å². The molecule has 0 amide bonds. The zero-order valence-corrected chi connectivity index (χ0v) is 5.59. The normalized spacial score (nSPS) is 11.4. The largest absolute Gasteiger partial charge is 0.513 e. The van der Waals surface area contributed by atoms with Crippen molar-refractivity contribution in [2.24, 2.45) is 0 Å². The van der Waals surface area contributed by atoms with E-state index in [1.54, 1.807) is 6.92 Å². The van der Waals surface area contributed by atoms with E-state index >= 15 is 0 Å². The van der Waals surface area contributed by atoms with Crippen molar-refractivity contribution in [3.05, 3.63) is 11.8 Å². The van der Waals surface area contributed by atoms with Crippen LogP contribution in [0.25, 0.3) is 0 Å². The lowest BCUT2D eigenvalue weighted by Crippen LogP contribution is -1.75. The first-order chi connectivity index (χ1) is 3.13. The monoisotopic (exact) mass is 134 g/mol. The third kappa shape index (κ3) is 5.98. The Morgan fingerprint density at radius 2 is 2.29 bits per heavy atom. The molecule has 0 aromatic carbocycles. The number of rotatable bonds is 1. The van der Waals surface area contributed by atoms with Gasteiger partial charge < -0.3 is 5.11 Å². The molecule has 0 aromatic rings. The van der Waals surface area contributed by atoms with Crippen LogP contribution >= 0.6 is 24.8 Å². The lowest BCUT2D eigenvalue weighted by atomic mass is 10.5. The first kappa shape index (κ1) is 6.98. The fourth-order valence-electron chi connectivity index (χ4n) is 0.179. The molecule has 0 aliphatic heterocycles. The van der Waals surface area contributed by atoms with E-state index in [4.69, 9.17) is 5.11 Å². The van der Waals surface area contributed by atoms with E-state index in [0.717, 1.165) is 0 Å². The molecule has 1 nitrogen and oxygen atoms in total. The number of aliphatic hydroxyl groups is 1. The van der Waals surface area contributed by atoms with Gasteiger partial charge in [-0.2, -0.15) is 0 Å². The summed E-state index contributed by atoms with van der Waals surface area (Å²) in [5, 5.41) is 8.45. The van der Waals surface area contributed by atoms with Crippen LogP contribution in [0.2, 0.25) is 0 Å². The van der Waals surface area contributed by atoms with Gasteiger partial charge in [-0.05, 0) is 13.0 Å². The molecule has 0 bridgehead atoms. The zero-order valence-electron chi connectivity index (χ0n) is 3.88. The van der Waals surface area contributed by atoms with Gasteiger partial charge in [0.25, 0.3) is 0 Å². The standard InChI is InChI=1S/C4H6OS2/c1-3(5)2-4(6)7/h2,5H,1H3,(H,6,7)/b3-2-. The average molecular weight is 134 g/mol. The SMILES string of the molecule is C/C(O)=C/C(=S)S. The Morgan fingerprint density at radius 1 is 1.86 bits per heavy atom. The van der Waals surface area contributed by atoms with E-state index in [9.17, 15) is 0 Å². The molecule has 0 saturated heterocycles. The maximum atomic E-state index is 8.45. The molecular formula is C4H6OS2. The topological polar surface area (TPSA) is 20.2 Å². The van der Waals surface area contributed by atoms with Crippen molar-refractivity contribution in [1.29, 1.82) is 0 Å². The van der Waals surface area contributed by atoms with Crippen LogP contribution < -0.4 is 0 Å². The highest BCUT2D eigenvalue weighted by molar-refractivity contribution is 8.11. The minimum absolute atomic E-state index is 0.194. The molecule has 0 unspecified atom stereocenters. The van der Waals surface area contributed by atoms with Crippen LogP contribution in [0.1, 0.15) is 6.92 Å². The van der Waals surface area contributed by atoms with Crippen molar-refractivity contribution >= 4 is 29.0 Å². The van der Waals surface area contributed by atoms with Gasteiger partial charge >= 0.3 is 0 Å². The lowest BCUT2D eigenvalue weighted by molar-refractivity contribution is 0.415. The molecule has 0 rings (SSSR count). The Kier molecular flexibility index (Phi) is 3.04. The van der Waals surface area contributed by atoms with Gasteiger partial charge in [-0.1, -0.05) is 12.2 Å². The molecular weight excluding hydrogens is 128 g/mol. The van der Waals surface area contributed by atoms with Gasteiger partial charge in [-0.15, -0.1) is 12.6 Å². The summed E-state index contributed by atoms with van der Waals surface area (Å²) >= 11 is 8.23. The van der Waals surface area contributed by atoms with E-state index in [1.807, 2.05) is 0 Å². The molecule has 1 N–H and O–H groups in total. The van der Waals surface area contributed by atoms with E-state index < -0.39 is 0 Å². The smallest absolute Gasteiger partial charge is 0.0911 e. The highest BCUT2D eigenvalue weighted by Crippen LogP contribution is 1.90. The molecule has 0 radical (unpaired) electrons. The predicted molar refractivity (Wildman–Crippen MR) is 38.0 cm³/mol. The third-order valence-corrected chi connectivity index (χ3v) is 0.579. The minimum Gasteiger partial charge on any atom is -0.513 e. The fraction of sp³-hybridized carbons (Fsp3) is 0.250. The molecule has 0 atom stereocenters. The Balaban J connectivity index is 3.68. The maximum absolute atomic E-state index is 8.45. The van der Waals surface area contributed by atoms with Crippen LogP contribution in [-0.4, -0.2) is 9.30 Å². The number of allylic oxidation sites excluding steroid dienone is 1. The van der Waals surface area contributed by atoms with Gasteiger partial charge in [0, 0.05) is 0 Å². The summed E-state index contributed by atoms with van der Waals surface area (Å²) < 4.78 is 0.403. The Hall–Kier alpha value is -0.0200. The van der Waals surface area contributed by atoms with Crippen molar-refractivity contribution in [1.82, 2.24) is 0 Å². The second-order valence-corrected chi connectivity index (χ2v) is 2.35. The molecule has 0 aromatic heterocycles. The van der Waals surface area contributed by atoms with Crippen molar-refractivity contribution in [3.63, 3.8) is 0 Å². The van der Waals surface area contributed by atoms with E-state index in [1.165, 1.54) is 6.08 Å². The Bertz CT molecular complexity index is 102. The number of hydrogen-bond acceptors (Lipinski definition) is 2. The summed E-state index contributed by atoms with van der Waals surface area (Å²) in [4.78, 5) is 0. The predicted octanol–water partition coefficient (Wildman–Crippen LogP) is 1.71. The lowest BCUT2D eigenvalue weighted by Gasteiger charge is -1.82. The summed E-state index contributed by atoms with van der Waals surface area (Å²) in [5.41, 5.74) is 0. The first-order valence-electron chi connectivity index (χ1n) is 1.73. The van der Waals surface area contributed by atoms with Gasteiger partial charge in [-0.25, -0.2) is 0 Å².